The summed E-state index contributed by atoms with van der Waals surface area (Å²) < 4.78 is 7.74. The first-order valence-corrected chi connectivity index (χ1v) is 12.9. The number of aromatic nitrogens is 5. The third kappa shape index (κ3) is 5.89. The van der Waals surface area contributed by atoms with Crippen molar-refractivity contribution in [1.29, 1.82) is 0 Å². The average molecular weight is 513 g/mol. The van der Waals surface area contributed by atoms with E-state index < -0.39 is 11.5 Å². The third-order valence-electron chi connectivity index (χ3n) is 6.59. The molecule has 9 heteroatoms. The molecule has 0 spiro atoms. The Kier molecular flexibility index (Phi) is 7.20. The Bertz CT molecular complexity index is 1430. The second-order valence-corrected chi connectivity index (χ2v) is 10.2. The molecule has 0 saturated carbocycles. The lowest BCUT2D eigenvalue weighted by Gasteiger charge is -2.17. The molecule has 1 atom stereocenters. The number of nitrogens with zero attached hydrogens (tertiary/aromatic N) is 5. The van der Waals surface area contributed by atoms with Gasteiger partial charge in [-0.05, 0) is 69.4 Å². The molecule has 3 heterocycles. The molecule has 0 radical (unpaired) electrons. The molecule has 1 unspecified atom stereocenters. The molecular weight excluding hydrogens is 480 g/mol. The summed E-state index contributed by atoms with van der Waals surface area (Å²) in [5.74, 6) is 1.35. The van der Waals surface area contributed by atoms with E-state index in [9.17, 15) is 9.90 Å². The number of amides is 1. The zero-order valence-electron chi connectivity index (χ0n) is 21.9. The molecule has 0 bridgehead atoms. The second-order valence-electron chi connectivity index (χ2n) is 10.2. The number of carbonyl (C=O) groups is 1. The maximum Gasteiger partial charge on any atom is 0.297 e. The van der Waals surface area contributed by atoms with E-state index in [0.717, 1.165) is 47.5 Å². The van der Waals surface area contributed by atoms with Crippen LogP contribution in [-0.2, 0) is 6.42 Å². The van der Waals surface area contributed by atoms with Crippen molar-refractivity contribution in [3.63, 3.8) is 0 Å². The van der Waals surface area contributed by atoms with Crippen molar-refractivity contribution >= 4 is 11.9 Å². The fourth-order valence-corrected chi connectivity index (χ4v) is 4.63. The Morgan fingerprint density at radius 2 is 1.97 bits per heavy atom. The van der Waals surface area contributed by atoms with Crippen molar-refractivity contribution in [1.82, 2.24) is 24.7 Å². The molecule has 9 nitrogen and oxygen atoms in total. The fraction of sp³-hybridized carbons (Fsp3) is 0.345. The van der Waals surface area contributed by atoms with Crippen molar-refractivity contribution in [2.45, 2.75) is 58.1 Å². The van der Waals surface area contributed by atoms with E-state index in [0.29, 0.717) is 18.7 Å². The fourth-order valence-electron chi connectivity index (χ4n) is 4.63. The van der Waals surface area contributed by atoms with Crippen LogP contribution in [0.1, 0.15) is 66.7 Å². The van der Waals surface area contributed by atoms with Crippen molar-refractivity contribution in [3.8, 4) is 17.0 Å². The van der Waals surface area contributed by atoms with Crippen LogP contribution in [0.3, 0.4) is 0 Å². The van der Waals surface area contributed by atoms with Crippen molar-refractivity contribution in [2.24, 2.45) is 0 Å². The highest BCUT2D eigenvalue weighted by Gasteiger charge is 2.28. The summed E-state index contributed by atoms with van der Waals surface area (Å²) >= 11 is 0. The van der Waals surface area contributed by atoms with Gasteiger partial charge in [0.05, 0.1) is 23.9 Å². The number of nitrogens with one attached hydrogen (secondary N) is 1. The smallest absolute Gasteiger partial charge is 0.297 e. The first-order valence-electron chi connectivity index (χ1n) is 12.9. The summed E-state index contributed by atoms with van der Waals surface area (Å²) in [6.07, 6.45) is 4.69. The molecule has 0 saturated heterocycles. The maximum atomic E-state index is 13.0. The predicted molar refractivity (Wildman–Crippen MR) is 144 cm³/mol. The standard InChI is InChI=1S/C29H32N6O3/c1-19-10-11-21(38-17-7-15-29(2,3)37)18-22(19)23-14-16-30-28(31-23)33-27(36)26-32-25-13-12-24(35(25)34-26)20-8-5-4-6-9-20/h4-6,8-11,14,16,18,24,37H,7,12-13,15,17H2,1-3H3,(H,30,31,33,36). The quantitative estimate of drug-likeness (QED) is 0.311. The summed E-state index contributed by atoms with van der Waals surface area (Å²) in [7, 11) is 0. The molecule has 196 valence electrons. The highest BCUT2D eigenvalue weighted by atomic mass is 16.5. The zero-order chi connectivity index (χ0) is 26.7. The van der Waals surface area contributed by atoms with E-state index in [1.54, 1.807) is 26.1 Å². The van der Waals surface area contributed by atoms with Gasteiger partial charge in [0.15, 0.2) is 0 Å². The average Bonchev–Trinajstić information content (AvgIpc) is 3.49. The summed E-state index contributed by atoms with van der Waals surface area (Å²) in [5, 5.41) is 17.1. The molecule has 0 fully saturated rings. The van der Waals surface area contributed by atoms with Gasteiger partial charge in [-0.3, -0.25) is 10.1 Å². The van der Waals surface area contributed by atoms with Crippen molar-refractivity contribution < 1.29 is 14.6 Å². The van der Waals surface area contributed by atoms with Crippen LogP contribution >= 0.6 is 0 Å². The number of aryl methyl sites for hydroxylation is 2. The molecule has 0 aliphatic carbocycles. The summed E-state index contributed by atoms with van der Waals surface area (Å²) in [5.41, 5.74) is 3.01. The van der Waals surface area contributed by atoms with Gasteiger partial charge in [-0.2, -0.15) is 0 Å². The molecular formula is C29H32N6O3. The Hall–Kier alpha value is -4.11. The Morgan fingerprint density at radius 1 is 1.16 bits per heavy atom. The number of benzene rings is 2. The molecule has 4 aromatic rings. The number of anilines is 1. The number of ether oxygens (including phenoxy) is 1. The SMILES string of the molecule is Cc1ccc(OCCCC(C)(C)O)cc1-c1ccnc(NC(=O)c2nc3n(n2)C(c2ccccc2)CC3)n1. The van der Waals surface area contributed by atoms with Crippen LogP contribution in [0.15, 0.2) is 60.8 Å². The van der Waals surface area contributed by atoms with Gasteiger partial charge in [-0.1, -0.05) is 36.4 Å². The minimum atomic E-state index is -0.709. The van der Waals surface area contributed by atoms with Gasteiger partial charge in [0, 0.05) is 18.2 Å². The number of fused-ring (bicyclic) bond motifs is 1. The molecule has 1 amide bonds. The lowest BCUT2D eigenvalue weighted by molar-refractivity contribution is 0.0641. The Labute approximate surface area is 221 Å². The third-order valence-corrected chi connectivity index (χ3v) is 6.59. The lowest BCUT2D eigenvalue weighted by atomic mass is 10.0. The van der Waals surface area contributed by atoms with Gasteiger partial charge < -0.3 is 9.84 Å². The topological polar surface area (TPSA) is 115 Å². The van der Waals surface area contributed by atoms with Gasteiger partial charge in [0.1, 0.15) is 11.6 Å². The normalized spacial score (nSPS) is 14.8. The first kappa shape index (κ1) is 25.5. The molecule has 2 aromatic heterocycles. The Morgan fingerprint density at radius 3 is 2.76 bits per heavy atom. The molecule has 38 heavy (non-hydrogen) atoms. The molecule has 1 aliphatic heterocycles. The Balaban J connectivity index is 1.28. The first-order chi connectivity index (χ1) is 18.3. The number of aliphatic hydroxyl groups is 1. The number of hydrogen-bond donors (Lipinski definition) is 2. The molecule has 1 aliphatic rings. The van der Waals surface area contributed by atoms with Gasteiger partial charge in [0.25, 0.3) is 5.91 Å². The number of carbonyl (C=O) groups excluding carboxylic acids is 1. The largest absolute Gasteiger partial charge is 0.494 e. The summed E-state index contributed by atoms with van der Waals surface area (Å²) in [6.45, 7) is 6.08. The molecule has 2 N–H and O–H groups in total. The van der Waals surface area contributed by atoms with Gasteiger partial charge in [0.2, 0.25) is 11.8 Å². The van der Waals surface area contributed by atoms with Crippen molar-refractivity contribution in [2.75, 3.05) is 11.9 Å². The van der Waals surface area contributed by atoms with Crippen LogP contribution in [0.5, 0.6) is 5.75 Å². The monoisotopic (exact) mass is 512 g/mol. The van der Waals surface area contributed by atoms with Crippen LogP contribution in [0.4, 0.5) is 5.95 Å². The summed E-state index contributed by atoms with van der Waals surface area (Å²) in [6, 6.07) is 17.8. The van der Waals surface area contributed by atoms with E-state index >= 15 is 0 Å². The van der Waals surface area contributed by atoms with Crippen molar-refractivity contribution in [3.05, 3.63) is 83.6 Å². The van der Waals surface area contributed by atoms with Crippen LogP contribution in [0.2, 0.25) is 0 Å². The maximum absolute atomic E-state index is 13.0. The van der Waals surface area contributed by atoms with Gasteiger partial charge >= 0.3 is 0 Å². The number of rotatable bonds is 9. The molecule has 2 aromatic carbocycles. The van der Waals surface area contributed by atoms with Gasteiger partial charge in [-0.25, -0.2) is 19.6 Å². The minimum absolute atomic E-state index is 0.0763. The van der Waals surface area contributed by atoms with E-state index in [1.807, 2.05) is 48.0 Å². The van der Waals surface area contributed by atoms with Crippen LogP contribution in [-0.4, -0.2) is 48.0 Å². The van der Waals surface area contributed by atoms with Gasteiger partial charge in [-0.15, -0.1) is 5.10 Å². The van der Waals surface area contributed by atoms with E-state index in [1.165, 1.54) is 0 Å². The highest BCUT2D eigenvalue weighted by molar-refractivity contribution is 6.00. The predicted octanol–water partition coefficient (Wildman–Crippen LogP) is 4.76. The van der Waals surface area contributed by atoms with Crippen LogP contribution in [0, 0.1) is 6.92 Å². The zero-order valence-corrected chi connectivity index (χ0v) is 21.9. The van der Waals surface area contributed by atoms with E-state index in [-0.39, 0.29) is 17.8 Å². The number of hydrogen-bond acceptors (Lipinski definition) is 7. The van der Waals surface area contributed by atoms with Crippen LogP contribution < -0.4 is 10.1 Å². The van der Waals surface area contributed by atoms with E-state index in [4.69, 9.17) is 4.74 Å². The highest BCUT2D eigenvalue weighted by Crippen LogP contribution is 2.30. The van der Waals surface area contributed by atoms with Crippen LogP contribution in [0.25, 0.3) is 11.3 Å². The lowest BCUT2D eigenvalue weighted by Crippen LogP contribution is -2.19. The minimum Gasteiger partial charge on any atom is -0.494 e. The second kappa shape index (κ2) is 10.7. The van der Waals surface area contributed by atoms with E-state index in [2.05, 4.69) is 37.5 Å². The molecule has 5 rings (SSSR count). The summed E-state index contributed by atoms with van der Waals surface area (Å²) in [4.78, 5) is 26.3.